The van der Waals surface area contributed by atoms with Crippen molar-refractivity contribution in [1.29, 1.82) is 0 Å². The van der Waals surface area contributed by atoms with Crippen molar-refractivity contribution in [3.63, 3.8) is 0 Å². The molecule has 0 amide bonds. The van der Waals surface area contributed by atoms with Gasteiger partial charge in [0.1, 0.15) is 0 Å². The molecule has 114 valence electrons. The summed E-state index contributed by atoms with van der Waals surface area (Å²) < 4.78 is 5.32. The van der Waals surface area contributed by atoms with Crippen molar-refractivity contribution in [3.8, 4) is 0 Å². The molecular formula is C13H29IN4O. The molecule has 19 heavy (non-hydrogen) atoms. The van der Waals surface area contributed by atoms with E-state index in [-0.39, 0.29) is 24.0 Å². The first-order valence-corrected chi connectivity index (χ1v) is 7.17. The van der Waals surface area contributed by atoms with Crippen LogP contribution in [0.25, 0.3) is 0 Å². The Balaban J connectivity index is 0.00000324. The predicted octanol–water partition coefficient (Wildman–Crippen LogP) is 1.42. The zero-order valence-corrected chi connectivity index (χ0v) is 14.4. The van der Waals surface area contributed by atoms with Crippen LogP contribution in [0.15, 0.2) is 4.99 Å². The third-order valence-electron chi connectivity index (χ3n) is 3.10. The summed E-state index contributed by atoms with van der Waals surface area (Å²) in [5, 5.41) is 3.12. The lowest BCUT2D eigenvalue weighted by molar-refractivity contribution is 0.0373. The van der Waals surface area contributed by atoms with E-state index < -0.39 is 0 Å². The van der Waals surface area contributed by atoms with Crippen LogP contribution in [0, 0.1) is 0 Å². The SMILES string of the molecule is CCCCNC(N)=NCCCCN1CCOCC1.I. The van der Waals surface area contributed by atoms with E-state index in [0.29, 0.717) is 5.96 Å². The largest absolute Gasteiger partial charge is 0.379 e. The van der Waals surface area contributed by atoms with Crippen molar-refractivity contribution < 1.29 is 4.74 Å². The third-order valence-corrected chi connectivity index (χ3v) is 3.10. The molecule has 1 aliphatic rings. The van der Waals surface area contributed by atoms with Gasteiger partial charge in [0.15, 0.2) is 5.96 Å². The number of nitrogens with one attached hydrogen (secondary N) is 1. The van der Waals surface area contributed by atoms with Gasteiger partial charge in [-0.2, -0.15) is 0 Å². The van der Waals surface area contributed by atoms with Gasteiger partial charge in [0.25, 0.3) is 0 Å². The Morgan fingerprint density at radius 1 is 1.26 bits per heavy atom. The quantitative estimate of drug-likeness (QED) is 0.288. The van der Waals surface area contributed by atoms with Crippen LogP contribution in [0.3, 0.4) is 0 Å². The number of hydrogen-bond acceptors (Lipinski definition) is 3. The number of morpholine rings is 1. The summed E-state index contributed by atoms with van der Waals surface area (Å²) in [6.45, 7) is 8.99. The summed E-state index contributed by atoms with van der Waals surface area (Å²) in [5.74, 6) is 0.592. The van der Waals surface area contributed by atoms with Gasteiger partial charge < -0.3 is 15.8 Å². The molecular weight excluding hydrogens is 355 g/mol. The maximum atomic E-state index is 5.75. The number of unbranched alkanes of at least 4 members (excludes halogenated alkanes) is 2. The van der Waals surface area contributed by atoms with Gasteiger partial charge in [-0.1, -0.05) is 13.3 Å². The normalized spacial score (nSPS) is 17.0. The molecule has 0 atom stereocenters. The van der Waals surface area contributed by atoms with E-state index in [1.807, 2.05) is 0 Å². The fourth-order valence-corrected chi connectivity index (χ4v) is 1.92. The van der Waals surface area contributed by atoms with Gasteiger partial charge >= 0.3 is 0 Å². The number of halogens is 1. The highest BCUT2D eigenvalue weighted by atomic mass is 127. The van der Waals surface area contributed by atoms with Crippen molar-refractivity contribution in [2.45, 2.75) is 32.6 Å². The Hall–Kier alpha value is -0.0800. The van der Waals surface area contributed by atoms with Gasteiger partial charge in [-0.05, 0) is 25.8 Å². The summed E-state index contributed by atoms with van der Waals surface area (Å²) in [7, 11) is 0. The van der Waals surface area contributed by atoms with Crippen LogP contribution in [0.5, 0.6) is 0 Å². The maximum absolute atomic E-state index is 5.75. The second-order valence-corrected chi connectivity index (χ2v) is 4.71. The Labute approximate surface area is 134 Å². The Morgan fingerprint density at radius 2 is 2.00 bits per heavy atom. The molecule has 0 aromatic rings. The minimum Gasteiger partial charge on any atom is -0.379 e. The lowest BCUT2D eigenvalue weighted by Gasteiger charge is -2.26. The lowest BCUT2D eigenvalue weighted by Crippen LogP contribution is -2.36. The van der Waals surface area contributed by atoms with Crippen LogP contribution in [0.2, 0.25) is 0 Å². The second-order valence-electron chi connectivity index (χ2n) is 4.71. The Morgan fingerprint density at radius 3 is 2.68 bits per heavy atom. The van der Waals surface area contributed by atoms with Crippen molar-refractivity contribution in [3.05, 3.63) is 0 Å². The Bertz CT molecular complexity index is 233. The fraction of sp³-hybridized carbons (Fsp3) is 0.923. The molecule has 0 unspecified atom stereocenters. The average Bonchev–Trinajstić information content (AvgIpc) is 2.40. The molecule has 0 spiro atoms. The average molecular weight is 384 g/mol. The van der Waals surface area contributed by atoms with Crippen molar-refractivity contribution in [2.75, 3.05) is 45.9 Å². The number of rotatable bonds is 8. The standard InChI is InChI=1S/C13H28N4O.HI/c1-2-3-6-15-13(14)16-7-4-5-8-17-9-11-18-12-10-17;/h2-12H2,1H3,(H3,14,15,16);1H. The zero-order valence-electron chi connectivity index (χ0n) is 12.1. The second kappa shape index (κ2) is 12.9. The summed E-state index contributed by atoms with van der Waals surface area (Å²) in [5.41, 5.74) is 5.75. The summed E-state index contributed by atoms with van der Waals surface area (Å²) >= 11 is 0. The lowest BCUT2D eigenvalue weighted by atomic mass is 10.3. The molecule has 5 nitrogen and oxygen atoms in total. The zero-order chi connectivity index (χ0) is 13.1. The van der Waals surface area contributed by atoms with E-state index in [0.717, 1.165) is 58.8 Å². The molecule has 0 saturated carbocycles. The van der Waals surface area contributed by atoms with Gasteiger partial charge in [0.05, 0.1) is 13.2 Å². The minimum absolute atomic E-state index is 0. The van der Waals surface area contributed by atoms with Crippen LogP contribution in [-0.2, 0) is 4.74 Å². The van der Waals surface area contributed by atoms with E-state index in [9.17, 15) is 0 Å². The van der Waals surface area contributed by atoms with Gasteiger partial charge in [-0.25, -0.2) is 0 Å². The van der Waals surface area contributed by atoms with Crippen molar-refractivity contribution in [1.82, 2.24) is 10.2 Å². The summed E-state index contributed by atoms with van der Waals surface area (Å²) in [6.07, 6.45) is 4.62. The highest BCUT2D eigenvalue weighted by Crippen LogP contribution is 2.00. The molecule has 0 aromatic heterocycles. The summed E-state index contributed by atoms with van der Waals surface area (Å²) in [4.78, 5) is 6.77. The molecule has 6 heteroatoms. The molecule has 1 rings (SSSR count). The molecule has 1 aliphatic heterocycles. The maximum Gasteiger partial charge on any atom is 0.188 e. The number of aliphatic imine (C=N–C) groups is 1. The minimum atomic E-state index is 0. The van der Waals surface area contributed by atoms with Crippen LogP contribution in [-0.4, -0.2) is 56.8 Å². The van der Waals surface area contributed by atoms with Crippen molar-refractivity contribution >= 4 is 29.9 Å². The molecule has 1 saturated heterocycles. The predicted molar refractivity (Wildman–Crippen MR) is 91.3 cm³/mol. The van der Waals surface area contributed by atoms with Gasteiger partial charge in [-0.3, -0.25) is 9.89 Å². The number of nitrogens with zero attached hydrogens (tertiary/aromatic N) is 2. The molecule has 0 aliphatic carbocycles. The molecule has 1 heterocycles. The fourth-order valence-electron chi connectivity index (χ4n) is 1.92. The number of guanidine groups is 1. The molecule has 0 aromatic carbocycles. The summed E-state index contributed by atoms with van der Waals surface area (Å²) in [6, 6.07) is 0. The van der Waals surface area contributed by atoms with Gasteiger partial charge in [0.2, 0.25) is 0 Å². The molecule has 0 bridgehead atoms. The highest BCUT2D eigenvalue weighted by molar-refractivity contribution is 14.0. The topological polar surface area (TPSA) is 62.9 Å². The first-order chi connectivity index (χ1) is 8.83. The van der Waals surface area contributed by atoms with Crippen LogP contribution < -0.4 is 11.1 Å². The van der Waals surface area contributed by atoms with E-state index in [1.165, 1.54) is 12.8 Å². The van der Waals surface area contributed by atoms with Crippen LogP contribution >= 0.6 is 24.0 Å². The van der Waals surface area contributed by atoms with Gasteiger partial charge in [0, 0.05) is 26.2 Å². The molecule has 1 fully saturated rings. The number of ether oxygens (including phenoxy) is 1. The Kier molecular flexibility index (Phi) is 12.9. The van der Waals surface area contributed by atoms with Crippen LogP contribution in [0.1, 0.15) is 32.6 Å². The smallest absolute Gasteiger partial charge is 0.188 e. The molecule has 0 radical (unpaired) electrons. The highest BCUT2D eigenvalue weighted by Gasteiger charge is 2.08. The third kappa shape index (κ3) is 10.4. The van der Waals surface area contributed by atoms with E-state index in [2.05, 4.69) is 22.1 Å². The first-order valence-electron chi connectivity index (χ1n) is 7.17. The molecule has 3 N–H and O–H groups in total. The van der Waals surface area contributed by atoms with E-state index in [1.54, 1.807) is 0 Å². The van der Waals surface area contributed by atoms with Crippen molar-refractivity contribution in [2.24, 2.45) is 10.7 Å². The van der Waals surface area contributed by atoms with E-state index >= 15 is 0 Å². The first kappa shape index (κ1) is 18.9. The number of hydrogen-bond donors (Lipinski definition) is 2. The van der Waals surface area contributed by atoms with E-state index in [4.69, 9.17) is 10.5 Å². The monoisotopic (exact) mass is 384 g/mol. The number of nitrogens with two attached hydrogens (primary N) is 1. The van der Waals surface area contributed by atoms with Gasteiger partial charge in [-0.15, -0.1) is 24.0 Å². The van der Waals surface area contributed by atoms with Crippen LogP contribution in [0.4, 0.5) is 0 Å².